The number of benzene rings is 2. The number of aliphatic carboxylic acids is 1. The van der Waals surface area contributed by atoms with Gasteiger partial charge in [0, 0.05) is 31.0 Å². The van der Waals surface area contributed by atoms with Crippen LogP contribution in [0.2, 0.25) is 0 Å². The Hall–Kier alpha value is -4.60. The maximum atomic E-state index is 11.2. The van der Waals surface area contributed by atoms with E-state index in [1.807, 2.05) is 52.9 Å². The summed E-state index contributed by atoms with van der Waals surface area (Å²) in [5, 5.41) is 16.6. The van der Waals surface area contributed by atoms with Gasteiger partial charge in [0.05, 0.1) is 17.5 Å². The number of amidine groups is 1. The molecule has 10 nitrogen and oxygen atoms in total. The van der Waals surface area contributed by atoms with E-state index in [-0.39, 0.29) is 18.8 Å². The van der Waals surface area contributed by atoms with Gasteiger partial charge in [-0.3, -0.25) is 10.2 Å². The fourth-order valence-corrected chi connectivity index (χ4v) is 3.35. The van der Waals surface area contributed by atoms with Crippen LogP contribution >= 0.6 is 0 Å². The number of carboxylic acid groups (broad SMARTS) is 1. The van der Waals surface area contributed by atoms with Crippen molar-refractivity contribution in [2.24, 2.45) is 12.8 Å². The molecule has 2 heterocycles. The van der Waals surface area contributed by atoms with E-state index in [1.165, 1.54) is 0 Å². The molecule has 10 heteroatoms. The van der Waals surface area contributed by atoms with Gasteiger partial charge in [0.1, 0.15) is 11.7 Å². The minimum Gasteiger partial charge on any atom is -0.481 e. The molecule has 0 unspecified atom stereocenters. The molecule has 0 bridgehead atoms. The van der Waals surface area contributed by atoms with Crippen LogP contribution in [-0.4, -0.2) is 38.0 Å². The summed E-state index contributed by atoms with van der Waals surface area (Å²) in [6.45, 7) is 0.273. The van der Waals surface area contributed by atoms with Crippen molar-refractivity contribution >= 4 is 40.3 Å². The van der Waals surface area contributed by atoms with Crippen molar-refractivity contribution in [3.63, 3.8) is 0 Å². The number of nitrogens with one attached hydrogen (secondary N) is 2. The average molecular weight is 445 g/mol. The molecule has 168 valence electrons. The highest BCUT2D eigenvalue weighted by molar-refractivity contribution is 5.95. The lowest BCUT2D eigenvalue weighted by atomic mass is 10.2. The first kappa shape index (κ1) is 21.6. The number of imidazole rings is 1. The summed E-state index contributed by atoms with van der Waals surface area (Å²) in [7, 11) is 1.86. The molecule has 33 heavy (non-hydrogen) atoms. The summed E-state index contributed by atoms with van der Waals surface area (Å²) in [6, 6.07) is 18.0. The van der Waals surface area contributed by atoms with Crippen molar-refractivity contribution in [3.8, 4) is 5.75 Å². The minimum atomic E-state index is -0.880. The van der Waals surface area contributed by atoms with Gasteiger partial charge in [-0.1, -0.05) is 6.07 Å². The summed E-state index contributed by atoms with van der Waals surface area (Å²) >= 11 is 0. The molecule has 5 N–H and O–H groups in total. The molecule has 2 aromatic carbocycles. The number of rotatable bonds is 9. The van der Waals surface area contributed by atoms with E-state index in [9.17, 15) is 4.79 Å². The Balaban J connectivity index is 1.58. The Morgan fingerprint density at radius 3 is 2.67 bits per heavy atom. The van der Waals surface area contributed by atoms with Crippen LogP contribution < -0.4 is 21.0 Å². The number of carboxylic acids is 1. The van der Waals surface area contributed by atoms with Crippen molar-refractivity contribution in [2.75, 3.05) is 16.9 Å². The molecule has 4 aromatic rings. The standard InChI is InChI=1S/C23H23N7O3/c1-29-19-10-7-16(30(13-11-21(31)32)20-4-2-3-12-26-20)14-18(19)27-23(29)28-33-17-8-5-15(6-9-17)22(24)25/h2-10,12,14H,11,13H2,1H3,(H3,24,25)(H,27,28)(H,31,32). The number of carbonyl (C=O) groups is 1. The Kier molecular flexibility index (Phi) is 6.07. The fraction of sp³-hybridized carbons (Fsp3) is 0.130. The van der Waals surface area contributed by atoms with Crippen molar-refractivity contribution in [1.82, 2.24) is 14.5 Å². The third kappa shape index (κ3) is 4.85. The molecule has 0 fully saturated rings. The number of hydrogen-bond acceptors (Lipinski definition) is 7. The summed E-state index contributed by atoms with van der Waals surface area (Å²) in [6.07, 6.45) is 1.64. The molecule has 0 aliphatic carbocycles. The molecule has 0 atom stereocenters. The summed E-state index contributed by atoms with van der Waals surface area (Å²) in [5.41, 5.74) is 11.3. The van der Waals surface area contributed by atoms with E-state index in [4.69, 9.17) is 21.1 Å². The first-order valence-corrected chi connectivity index (χ1v) is 10.2. The quantitative estimate of drug-likeness (QED) is 0.175. The molecular formula is C23H23N7O3. The number of nitrogens with zero attached hydrogens (tertiary/aromatic N) is 4. The van der Waals surface area contributed by atoms with Crippen molar-refractivity contribution < 1.29 is 14.7 Å². The van der Waals surface area contributed by atoms with Gasteiger partial charge in [-0.05, 0) is 54.6 Å². The van der Waals surface area contributed by atoms with E-state index >= 15 is 0 Å². The number of nitrogen functional groups attached to an aromatic ring is 1. The molecule has 0 saturated heterocycles. The minimum absolute atomic E-state index is 0.0104. The average Bonchev–Trinajstić information content (AvgIpc) is 3.13. The number of nitrogens with two attached hydrogens (primary N) is 1. The zero-order valence-electron chi connectivity index (χ0n) is 17.9. The largest absolute Gasteiger partial charge is 0.481 e. The van der Waals surface area contributed by atoms with Crippen molar-refractivity contribution in [1.29, 1.82) is 5.41 Å². The lowest BCUT2D eigenvalue weighted by Gasteiger charge is -2.23. The van der Waals surface area contributed by atoms with Crippen LogP contribution in [0.5, 0.6) is 5.75 Å². The second kappa shape index (κ2) is 9.27. The predicted molar refractivity (Wildman–Crippen MR) is 126 cm³/mol. The first-order valence-electron chi connectivity index (χ1n) is 10.2. The molecule has 0 spiro atoms. The van der Waals surface area contributed by atoms with Crippen molar-refractivity contribution in [3.05, 3.63) is 72.4 Å². The summed E-state index contributed by atoms with van der Waals surface area (Å²) in [4.78, 5) is 27.6. The smallest absolute Gasteiger partial charge is 0.305 e. The number of anilines is 3. The molecule has 0 amide bonds. The Bertz CT molecular complexity index is 1290. The number of hydrogen-bond donors (Lipinski definition) is 4. The van der Waals surface area contributed by atoms with Crippen LogP contribution in [0.1, 0.15) is 12.0 Å². The van der Waals surface area contributed by atoms with Crippen LogP contribution in [-0.2, 0) is 11.8 Å². The second-order valence-corrected chi connectivity index (χ2v) is 7.29. The number of aromatic nitrogens is 3. The van der Waals surface area contributed by atoms with Crippen LogP contribution in [0.4, 0.5) is 17.5 Å². The Morgan fingerprint density at radius 2 is 2.00 bits per heavy atom. The van der Waals surface area contributed by atoms with Gasteiger partial charge in [0.25, 0.3) is 0 Å². The molecule has 0 aliphatic heterocycles. The van der Waals surface area contributed by atoms with Crippen LogP contribution in [0.15, 0.2) is 66.9 Å². The zero-order valence-corrected chi connectivity index (χ0v) is 17.9. The Morgan fingerprint density at radius 1 is 1.21 bits per heavy atom. The van der Waals surface area contributed by atoms with E-state index in [1.54, 1.807) is 30.5 Å². The maximum absolute atomic E-state index is 11.2. The van der Waals surface area contributed by atoms with Gasteiger partial charge in [0.2, 0.25) is 5.95 Å². The van der Waals surface area contributed by atoms with Crippen LogP contribution in [0.25, 0.3) is 11.0 Å². The predicted octanol–water partition coefficient (Wildman–Crippen LogP) is 3.27. The highest BCUT2D eigenvalue weighted by Gasteiger charge is 2.15. The molecular weight excluding hydrogens is 422 g/mol. The number of aryl methyl sites for hydroxylation is 1. The SMILES string of the molecule is Cn1c(NOc2ccc(C(=N)N)cc2)nc2cc(N(CCC(=O)O)c3ccccn3)ccc21. The van der Waals surface area contributed by atoms with E-state index in [0.717, 1.165) is 11.2 Å². The van der Waals surface area contributed by atoms with E-state index in [2.05, 4.69) is 15.4 Å². The molecule has 0 radical (unpaired) electrons. The zero-order chi connectivity index (χ0) is 23.4. The monoisotopic (exact) mass is 445 g/mol. The van der Waals surface area contributed by atoms with Gasteiger partial charge >= 0.3 is 5.97 Å². The third-order valence-electron chi connectivity index (χ3n) is 5.08. The summed E-state index contributed by atoms with van der Waals surface area (Å²) in [5.74, 6) is 0.804. The molecule has 0 aliphatic rings. The maximum Gasteiger partial charge on any atom is 0.305 e. The molecule has 2 aromatic heterocycles. The molecule has 0 saturated carbocycles. The van der Waals surface area contributed by atoms with Gasteiger partial charge in [0.15, 0.2) is 5.75 Å². The van der Waals surface area contributed by atoms with Crippen LogP contribution in [0.3, 0.4) is 0 Å². The van der Waals surface area contributed by atoms with E-state index in [0.29, 0.717) is 28.6 Å². The van der Waals surface area contributed by atoms with Gasteiger partial charge in [-0.2, -0.15) is 5.48 Å². The first-order chi connectivity index (χ1) is 15.9. The number of pyridine rings is 1. The van der Waals surface area contributed by atoms with Gasteiger partial charge in [-0.25, -0.2) is 9.97 Å². The lowest BCUT2D eigenvalue weighted by molar-refractivity contribution is -0.136. The normalized spacial score (nSPS) is 10.7. The van der Waals surface area contributed by atoms with E-state index < -0.39 is 5.97 Å². The summed E-state index contributed by atoms with van der Waals surface area (Å²) < 4.78 is 1.85. The topological polar surface area (TPSA) is 142 Å². The Labute approximate surface area is 189 Å². The van der Waals surface area contributed by atoms with Crippen LogP contribution in [0, 0.1) is 5.41 Å². The number of fused-ring (bicyclic) bond motifs is 1. The molecule has 4 rings (SSSR count). The van der Waals surface area contributed by atoms with Gasteiger partial charge in [-0.15, -0.1) is 0 Å². The fourth-order valence-electron chi connectivity index (χ4n) is 3.35. The van der Waals surface area contributed by atoms with Crippen molar-refractivity contribution in [2.45, 2.75) is 6.42 Å². The second-order valence-electron chi connectivity index (χ2n) is 7.29. The highest BCUT2D eigenvalue weighted by atomic mass is 16.6. The highest BCUT2D eigenvalue weighted by Crippen LogP contribution is 2.28. The van der Waals surface area contributed by atoms with Gasteiger partial charge < -0.3 is 25.1 Å². The lowest BCUT2D eigenvalue weighted by Crippen LogP contribution is -2.21. The third-order valence-corrected chi connectivity index (χ3v) is 5.08.